The van der Waals surface area contributed by atoms with Gasteiger partial charge in [-0.05, 0) is 46.5 Å². The molecule has 1 atom stereocenters. The minimum Gasteiger partial charge on any atom is -0.477 e. The van der Waals surface area contributed by atoms with Crippen molar-refractivity contribution >= 4 is 28.5 Å². The van der Waals surface area contributed by atoms with Crippen molar-refractivity contribution in [3.8, 4) is 6.07 Å². The molecule has 128 valence electrons. The minimum atomic E-state index is -0.955. The molecule has 0 fully saturated rings. The molecular formula is C22H18N2O2. The molecule has 0 saturated heterocycles. The molecule has 1 heterocycles. The Hall–Kier alpha value is -3.32. The molecule has 1 aliphatic carbocycles. The van der Waals surface area contributed by atoms with E-state index in [9.17, 15) is 15.2 Å². The lowest BCUT2D eigenvalue weighted by molar-refractivity contribution is 0.0686. The van der Waals surface area contributed by atoms with Crippen LogP contribution in [-0.2, 0) is 6.54 Å². The summed E-state index contributed by atoms with van der Waals surface area (Å²) in [5.41, 5.74) is 2.79. The molecule has 1 aromatic heterocycles. The second-order valence-electron chi connectivity index (χ2n) is 6.85. The fourth-order valence-corrected chi connectivity index (χ4v) is 3.84. The van der Waals surface area contributed by atoms with Crippen molar-refractivity contribution in [2.45, 2.75) is 19.9 Å². The number of fused-ring (bicyclic) bond motifs is 2. The lowest BCUT2D eigenvalue weighted by Crippen LogP contribution is -2.32. The number of carbonyl (C=O) groups is 1. The van der Waals surface area contributed by atoms with E-state index in [0.29, 0.717) is 18.0 Å². The molecule has 1 N–H and O–H groups in total. The molecule has 2 aromatic carbocycles. The second kappa shape index (κ2) is 6.20. The first-order valence-electron chi connectivity index (χ1n) is 8.62. The summed E-state index contributed by atoms with van der Waals surface area (Å²) in [6.45, 7) is 2.69. The van der Waals surface area contributed by atoms with Gasteiger partial charge in [-0.1, -0.05) is 43.3 Å². The Kier molecular flexibility index (Phi) is 3.85. The molecule has 4 nitrogen and oxygen atoms in total. The third-order valence-corrected chi connectivity index (χ3v) is 4.98. The Labute approximate surface area is 150 Å². The minimum absolute atomic E-state index is 0.252. The Morgan fingerprint density at radius 3 is 2.85 bits per heavy atom. The molecule has 4 heteroatoms. The molecule has 26 heavy (non-hydrogen) atoms. The number of nitriles is 1. The van der Waals surface area contributed by atoms with E-state index in [1.165, 1.54) is 16.0 Å². The number of aromatic carboxylic acids is 1. The maximum atomic E-state index is 11.8. The van der Waals surface area contributed by atoms with Crippen molar-refractivity contribution < 1.29 is 9.90 Å². The van der Waals surface area contributed by atoms with Gasteiger partial charge in [-0.25, -0.2) is 4.79 Å². The number of aromatic nitrogens is 1. The highest BCUT2D eigenvalue weighted by Gasteiger charge is 2.18. The van der Waals surface area contributed by atoms with E-state index in [1.54, 1.807) is 18.2 Å². The normalized spacial score (nSPS) is 16.0. The maximum absolute atomic E-state index is 11.8. The summed E-state index contributed by atoms with van der Waals surface area (Å²) < 4.78 is 1.82. The first-order chi connectivity index (χ1) is 12.6. The zero-order valence-electron chi connectivity index (χ0n) is 14.4. The summed E-state index contributed by atoms with van der Waals surface area (Å²) in [5.74, 6) is -0.548. The first kappa shape index (κ1) is 16.2. The predicted octanol–water partition coefficient (Wildman–Crippen LogP) is 2.88. The van der Waals surface area contributed by atoms with Crippen molar-refractivity contribution in [1.82, 2.24) is 4.57 Å². The molecule has 0 aliphatic heterocycles. The van der Waals surface area contributed by atoms with E-state index >= 15 is 0 Å². The quantitative estimate of drug-likeness (QED) is 0.796. The first-order valence-corrected chi connectivity index (χ1v) is 8.62. The maximum Gasteiger partial charge on any atom is 0.352 e. The van der Waals surface area contributed by atoms with Gasteiger partial charge in [-0.15, -0.1) is 0 Å². The van der Waals surface area contributed by atoms with Gasteiger partial charge in [0.1, 0.15) is 5.69 Å². The number of nitrogens with zero attached hydrogens (tertiary/aromatic N) is 2. The van der Waals surface area contributed by atoms with Crippen LogP contribution in [0.4, 0.5) is 0 Å². The highest BCUT2D eigenvalue weighted by molar-refractivity contribution is 5.95. The Morgan fingerprint density at radius 2 is 2.08 bits per heavy atom. The van der Waals surface area contributed by atoms with Crippen LogP contribution in [0.1, 0.15) is 29.4 Å². The summed E-state index contributed by atoms with van der Waals surface area (Å²) >= 11 is 0. The molecule has 1 unspecified atom stereocenters. The summed E-state index contributed by atoms with van der Waals surface area (Å²) in [5, 5.41) is 22.1. The molecule has 1 aliphatic rings. The van der Waals surface area contributed by atoms with Crippen LogP contribution >= 0.6 is 0 Å². The van der Waals surface area contributed by atoms with Crippen LogP contribution in [0.2, 0.25) is 0 Å². The third-order valence-electron chi connectivity index (χ3n) is 4.98. The van der Waals surface area contributed by atoms with Crippen LogP contribution in [0.15, 0.2) is 48.5 Å². The van der Waals surface area contributed by atoms with Crippen LogP contribution in [-0.4, -0.2) is 15.6 Å². The van der Waals surface area contributed by atoms with Crippen molar-refractivity contribution in [3.05, 3.63) is 70.2 Å². The van der Waals surface area contributed by atoms with E-state index in [1.807, 2.05) is 22.8 Å². The predicted molar refractivity (Wildman–Crippen MR) is 101 cm³/mol. The lowest BCUT2D eigenvalue weighted by atomic mass is 9.92. The van der Waals surface area contributed by atoms with Gasteiger partial charge >= 0.3 is 5.97 Å². The fourth-order valence-electron chi connectivity index (χ4n) is 3.84. The molecular weight excluding hydrogens is 324 g/mol. The van der Waals surface area contributed by atoms with E-state index in [-0.39, 0.29) is 5.69 Å². The molecule has 0 radical (unpaired) electrons. The van der Waals surface area contributed by atoms with Gasteiger partial charge in [0.25, 0.3) is 0 Å². The Balaban J connectivity index is 1.95. The molecule has 0 saturated carbocycles. The lowest BCUT2D eigenvalue weighted by Gasteiger charge is -2.18. The van der Waals surface area contributed by atoms with Gasteiger partial charge in [0.05, 0.1) is 17.1 Å². The average Bonchev–Trinajstić information content (AvgIpc) is 2.99. The van der Waals surface area contributed by atoms with Crippen molar-refractivity contribution in [2.24, 2.45) is 5.92 Å². The highest BCUT2D eigenvalue weighted by Crippen LogP contribution is 2.25. The summed E-state index contributed by atoms with van der Waals surface area (Å²) in [7, 11) is 0. The van der Waals surface area contributed by atoms with Gasteiger partial charge in [-0.3, -0.25) is 0 Å². The number of carboxylic acid groups (broad SMARTS) is 1. The van der Waals surface area contributed by atoms with E-state index in [0.717, 1.165) is 17.3 Å². The van der Waals surface area contributed by atoms with Crippen LogP contribution in [0.5, 0.6) is 0 Å². The van der Waals surface area contributed by atoms with Gasteiger partial charge in [0.15, 0.2) is 0 Å². The number of benzene rings is 2. The zero-order chi connectivity index (χ0) is 18.3. The summed E-state index contributed by atoms with van der Waals surface area (Å²) in [6, 6.07) is 17.4. The van der Waals surface area contributed by atoms with E-state index in [2.05, 4.69) is 31.2 Å². The van der Waals surface area contributed by atoms with Crippen LogP contribution in [0.3, 0.4) is 0 Å². The Bertz CT molecular complexity index is 1200. The van der Waals surface area contributed by atoms with Gasteiger partial charge < -0.3 is 9.67 Å². The van der Waals surface area contributed by atoms with Gasteiger partial charge in [0, 0.05) is 11.9 Å². The number of rotatable bonds is 3. The van der Waals surface area contributed by atoms with E-state index in [4.69, 9.17) is 0 Å². The van der Waals surface area contributed by atoms with Crippen LogP contribution < -0.4 is 10.4 Å². The Morgan fingerprint density at radius 1 is 1.27 bits per heavy atom. The average molecular weight is 342 g/mol. The fraction of sp³-hybridized carbons (Fsp3) is 0.182. The second-order valence-corrected chi connectivity index (χ2v) is 6.85. The molecule has 0 amide bonds. The van der Waals surface area contributed by atoms with Crippen molar-refractivity contribution in [3.63, 3.8) is 0 Å². The monoisotopic (exact) mass is 342 g/mol. The largest absolute Gasteiger partial charge is 0.477 e. The molecule has 0 spiro atoms. The van der Waals surface area contributed by atoms with E-state index < -0.39 is 5.97 Å². The van der Waals surface area contributed by atoms with Gasteiger partial charge in [-0.2, -0.15) is 5.26 Å². The molecule has 4 rings (SSSR count). The number of carboxylic acids is 1. The van der Waals surface area contributed by atoms with Crippen molar-refractivity contribution in [2.75, 3.05) is 0 Å². The summed E-state index contributed by atoms with van der Waals surface area (Å²) in [4.78, 5) is 11.8. The standard InChI is InChI=1S/C22H18N2O2/c1-14-8-16-4-2-3-5-19(16)18(9-14)13-24-20-10-15(12-23)6-7-17(20)11-21(24)22(25)26/h2-8,10-11,14H,9,13H2,1H3,(H,25,26). The number of hydrogen-bond acceptors (Lipinski definition) is 2. The van der Waals surface area contributed by atoms with Gasteiger partial charge in [0.2, 0.25) is 0 Å². The zero-order valence-corrected chi connectivity index (χ0v) is 14.4. The number of hydrogen-bond donors (Lipinski definition) is 1. The molecule has 3 aromatic rings. The summed E-state index contributed by atoms with van der Waals surface area (Å²) in [6.07, 6.45) is 3.16. The highest BCUT2D eigenvalue weighted by atomic mass is 16.4. The molecule has 0 bridgehead atoms. The topological polar surface area (TPSA) is 66.0 Å². The van der Waals surface area contributed by atoms with Crippen LogP contribution in [0.25, 0.3) is 22.6 Å². The SMILES string of the molecule is CC1C=c2ccccc2=C(Cn2c(C(=O)O)cc3ccc(C#N)cc32)C1. The third kappa shape index (κ3) is 2.68. The smallest absolute Gasteiger partial charge is 0.352 e. The van der Waals surface area contributed by atoms with Crippen molar-refractivity contribution in [1.29, 1.82) is 5.26 Å². The van der Waals surface area contributed by atoms with Crippen LogP contribution in [0, 0.1) is 17.2 Å².